The van der Waals surface area contributed by atoms with Crippen molar-refractivity contribution < 1.29 is 79.9 Å². The highest BCUT2D eigenvalue weighted by Gasteiger charge is 2.66. The van der Waals surface area contributed by atoms with E-state index in [1.807, 2.05) is 0 Å². The van der Waals surface area contributed by atoms with E-state index in [4.69, 9.17) is 23.7 Å². The van der Waals surface area contributed by atoms with Crippen molar-refractivity contribution in [3.63, 3.8) is 0 Å². The summed E-state index contributed by atoms with van der Waals surface area (Å²) in [5.41, 5.74) is -1.57. The maximum Gasteiger partial charge on any atom is 0.187 e. The van der Waals surface area contributed by atoms with Crippen molar-refractivity contribution in [1.29, 1.82) is 0 Å². The van der Waals surface area contributed by atoms with E-state index < -0.39 is 130 Å². The van der Waals surface area contributed by atoms with Crippen molar-refractivity contribution in [3.8, 4) is 0 Å². The van der Waals surface area contributed by atoms with E-state index >= 15 is 0 Å². The topological polar surface area (TPSA) is 269 Å². The fourth-order valence-electron chi connectivity index (χ4n) is 5.76. The predicted molar refractivity (Wildman–Crippen MR) is 118 cm³/mol. The number of hydrogen-bond donors (Lipinski definition) is 11. The van der Waals surface area contributed by atoms with Gasteiger partial charge in [0.25, 0.3) is 0 Å². The second kappa shape index (κ2) is 12.1. The summed E-state index contributed by atoms with van der Waals surface area (Å²) in [5.74, 6) is -0.800. The van der Waals surface area contributed by atoms with Gasteiger partial charge >= 0.3 is 0 Å². The van der Waals surface area contributed by atoms with E-state index in [2.05, 4.69) is 0 Å². The highest BCUT2D eigenvalue weighted by molar-refractivity contribution is 5.15. The Morgan fingerprint density at radius 1 is 0.605 bits per heavy atom. The van der Waals surface area contributed by atoms with Gasteiger partial charge in [-0.3, -0.25) is 0 Å². The summed E-state index contributed by atoms with van der Waals surface area (Å²) >= 11 is 0. The van der Waals surface area contributed by atoms with Crippen LogP contribution in [0.25, 0.3) is 0 Å². The molecule has 0 aromatic heterocycles. The first-order valence-electron chi connectivity index (χ1n) is 12.5. The Labute approximate surface area is 217 Å². The quantitative estimate of drug-likeness (QED) is 0.125. The Balaban J connectivity index is 1.50. The summed E-state index contributed by atoms with van der Waals surface area (Å²) in [6.07, 6.45) is -20.0. The second-order valence-corrected chi connectivity index (χ2v) is 10.3. The number of aliphatic hydroxyl groups excluding tert-OH is 11. The molecule has 0 spiro atoms. The molecule has 5 fully saturated rings. The van der Waals surface area contributed by atoms with Crippen LogP contribution in [0.5, 0.6) is 0 Å². The van der Waals surface area contributed by atoms with Crippen molar-refractivity contribution >= 4 is 0 Å². The molecule has 4 saturated heterocycles. The average molecular weight is 559 g/mol. The molecule has 1 saturated carbocycles. The van der Waals surface area contributed by atoms with Gasteiger partial charge in [-0.1, -0.05) is 0 Å². The summed E-state index contributed by atoms with van der Waals surface area (Å²) < 4.78 is 28.4. The van der Waals surface area contributed by atoms with Crippen LogP contribution in [-0.2, 0) is 23.7 Å². The third kappa shape index (κ3) is 5.11. The lowest BCUT2D eigenvalue weighted by Gasteiger charge is -2.54. The maximum atomic E-state index is 11.2. The molecule has 0 aromatic carbocycles. The minimum Gasteiger partial charge on any atom is -0.394 e. The first kappa shape index (κ1) is 30.3. The van der Waals surface area contributed by atoms with Crippen LogP contribution >= 0.6 is 0 Å². The fraction of sp³-hybridized carbons (Fsp3) is 1.00. The van der Waals surface area contributed by atoms with E-state index in [0.29, 0.717) is 0 Å². The van der Waals surface area contributed by atoms with Crippen LogP contribution < -0.4 is 0 Å². The van der Waals surface area contributed by atoms with Gasteiger partial charge in [0, 0.05) is 5.92 Å². The zero-order valence-corrected chi connectivity index (χ0v) is 20.4. The first-order chi connectivity index (χ1) is 18.0. The monoisotopic (exact) mass is 558 g/mol. The molecule has 2 bridgehead atoms. The Hall–Kier alpha value is -0.640. The minimum absolute atomic E-state index is 0.00456. The molecular weight excluding hydrogens is 520 g/mol. The van der Waals surface area contributed by atoms with Crippen LogP contribution in [0.3, 0.4) is 0 Å². The Morgan fingerprint density at radius 2 is 1.16 bits per heavy atom. The summed E-state index contributed by atoms with van der Waals surface area (Å²) in [5, 5.41) is 111. The molecule has 5 rings (SSSR count). The summed E-state index contributed by atoms with van der Waals surface area (Å²) in [6, 6.07) is 0. The third-order valence-corrected chi connectivity index (χ3v) is 8.13. The fourth-order valence-corrected chi connectivity index (χ4v) is 5.76. The van der Waals surface area contributed by atoms with E-state index in [9.17, 15) is 56.2 Å². The number of aliphatic hydroxyl groups is 11. The van der Waals surface area contributed by atoms with Crippen LogP contribution in [0.15, 0.2) is 0 Å². The molecule has 16 heteroatoms. The highest BCUT2D eigenvalue weighted by Crippen LogP contribution is 2.51. The molecule has 5 aliphatic rings. The van der Waals surface area contributed by atoms with E-state index in [1.165, 1.54) is 0 Å². The van der Waals surface area contributed by atoms with Gasteiger partial charge in [-0.25, -0.2) is 0 Å². The molecule has 10 unspecified atom stereocenters. The van der Waals surface area contributed by atoms with Gasteiger partial charge in [-0.2, -0.15) is 0 Å². The van der Waals surface area contributed by atoms with Crippen LogP contribution in [0.1, 0.15) is 6.42 Å². The van der Waals surface area contributed by atoms with Crippen molar-refractivity contribution in [1.82, 2.24) is 0 Å². The lowest BCUT2D eigenvalue weighted by molar-refractivity contribution is -0.330. The molecule has 4 aliphatic heterocycles. The first-order valence-corrected chi connectivity index (χ1v) is 12.5. The molecule has 38 heavy (non-hydrogen) atoms. The van der Waals surface area contributed by atoms with Gasteiger partial charge in [-0.05, 0) is 6.42 Å². The number of fused-ring (bicyclic) bond motifs is 3. The molecule has 0 radical (unpaired) electrons. The van der Waals surface area contributed by atoms with Crippen molar-refractivity contribution in [2.45, 2.75) is 97.7 Å². The zero-order valence-electron chi connectivity index (χ0n) is 20.4. The van der Waals surface area contributed by atoms with Crippen molar-refractivity contribution in [2.24, 2.45) is 5.92 Å². The molecule has 11 N–H and O–H groups in total. The van der Waals surface area contributed by atoms with E-state index in [0.717, 1.165) is 0 Å². The average Bonchev–Trinajstić information content (AvgIpc) is 3.11. The lowest BCUT2D eigenvalue weighted by atomic mass is 9.63. The van der Waals surface area contributed by atoms with Gasteiger partial charge in [0.15, 0.2) is 6.29 Å². The molecule has 0 amide bonds. The summed E-state index contributed by atoms with van der Waals surface area (Å²) in [6.45, 7) is -3.09. The van der Waals surface area contributed by atoms with Gasteiger partial charge in [0.2, 0.25) is 0 Å². The van der Waals surface area contributed by atoms with E-state index in [-0.39, 0.29) is 6.42 Å². The molecule has 4 heterocycles. The summed E-state index contributed by atoms with van der Waals surface area (Å²) in [4.78, 5) is 0. The highest BCUT2D eigenvalue weighted by atomic mass is 16.7. The standard InChI is InChI=1S/C22H38O16/c23-2-8-13(27)16(30)15(29)11(35-8)6-34-22-1-7(20(22)33)19(10(4-25)36-12(22)5-26)38-21-18(32)17(31)14(28)9(3-24)37-21/h7-21,23-33H,1-6H2/t7?,8?,9?,10-,11-,12?,13+,14+,15?,16?,17?,18?,19?,20-,21-,22?/m0/s1. The predicted octanol–water partition coefficient (Wildman–Crippen LogP) is -7.10. The third-order valence-electron chi connectivity index (χ3n) is 8.13. The Morgan fingerprint density at radius 3 is 1.71 bits per heavy atom. The smallest absolute Gasteiger partial charge is 0.187 e. The SMILES string of the molecule is OCC1O[C@@H](OC2C3CC(OC[C@@H]4OC(CO)[C@@H](O)C(O)C4O)(C(CO)O[C@H]2CO)[C@H]3O)C(O)C(O)[C@@H]1O. The van der Waals surface area contributed by atoms with E-state index in [1.54, 1.807) is 0 Å². The normalized spacial score (nSPS) is 53.3. The van der Waals surface area contributed by atoms with Gasteiger partial charge in [0.1, 0.15) is 72.7 Å². The van der Waals surface area contributed by atoms with Gasteiger partial charge in [0.05, 0.1) is 45.2 Å². The molecule has 222 valence electrons. The van der Waals surface area contributed by atoms with Crippen LogP contribution in [0.2, 0.25) is 0 Å². The minimum atomic E-state index is -1.74. The Kier molecular flexibility index (Phi) is 9.63. The largest absolute Gasteiger partial charge is 0.394 e. The number of rotatable bonds is 9. The molecule has 16 atom stereocenters. The molecule has 0 aromatic rings. The van der Waals surface area contributed by atoms with Gasteiger partial charge in [-0.15, -0.1) is 0 Å². The van der Waals surface area contributed by atoms with Gasteiger partial charge < -0.3 is 79.9 Å². The maximum absolute atomic E-state index is 11.2. The second-order valence-electron chi connectivity index (χ2n) is 10.3. The number of hydrogen-bond acceptors (Lipinski definition) is 16. The van der Waals surface area contributed by atoms with Crippen molar-refractivity contribution in [3.05, 3.63) is 0 Å². The molecule has 16 nitrogen and oxygen atoms in total. The Bertz CT molecular complexity index is 772. The zero-order chi connectivity index (χ0) is 27.9. The molecular formula is C22H38O16. The summed E-state index contributed by atoms with van der Waals surface area (Å²) in [7, 11) is 0. The van der Waals surface area contributed by atoms with Crippen LogP contribution in [0, 0.1) is 5.92 Å². The van der Waals surface area contributed by atoms with Crippen molar-refractivity contribution in [2.75, 3.05) is 33.0 Å². The molecule has 1 aliphatic carbocycles. The van der Waals surface area contributed by atoms with Crippen LogP contribution in [-0.4, -0.2) is 180 Å². The van der Waals surface area contributed by atoms with Crippen LogP contribution in [0.4, 0.5) is 0 Å². The lowest BCUT2D eigenvalue weighted by Crippen LogP contribution is -2.69. The number of ether oxygens (including phenoxy) is 5.